The van der Waals surface area contributed by atoms with Crippen LogP contribution in [-0.2, 0) is 17.8 Å². The zero-order valence-electron chi connectivity index (χ0n) is 21.0. The number of para-hydroxylation sites is 1. The van der Waals surface area contributed by atoms with E-state index in [1.165, 1.54) is 36.6 Å². The molecule has 1 aliphatic carbocycles. The third kappa shape index (κ3) is 6.36. The highest BCUT2D eigenvalue weighted by Crippen LogP contribution is 2.39. The summed E-state index contributed by atoms with van der Waals surface area (Å²) in [4.78, 5) is 21.4. The van der Waals surface area contributed by atoms with Gasteiger partial charge in [0.2, 0.25) is 0 Å². The lowest BCUT2D eigenvalue weighted by atomic mass is 9.94. The van der Waals surface area contributed by atoms with Crippen molar-refractivity contribution in [1.29, 1.82) is 0 Å². The van der Waals surface area contributed by atoms with Gasteiger partial charge in [0.05, 0.1) is 10.6 Å². The second kappa shape index (κ2) is 12.1. The van der Waals surface area contributed by atoms with Gasteiger partial charge in [0.25, 0.3) is 5.91 Å². The first kappa shape index (κ1) is 25.8. The molecule has 3 aromatic rings. The minimum atomic E-state index is 0.0696. The summed E-state index contributed by atoms with van der Waals surface area (Å²) in [5.41, 5.74) is 4.24. The van der Waals surface area contributed by atoms with Crippen LogP contribution >= 0.6 is 27.7 Å². The standard InChI is InChI=1S/C31H31BrN2O2S/c1-2-24-8-6-7-11-28(24)33-31-34(26-9-4-3-5-10-26)30(35)29(37-31)20-22-14-18-27(19-15-22)36-21-23-12-16-25(32)17-13-23/h6-8,11-20,26H,2-5,9-10,21H2,1H3/b29-20+,33-31?. The average Bonchev–Trinajstić information content (AvgIpc) is 3.24. The van der Waals surface area contributed by atoms with E-state index in [9.17, 15) is 4.79 Å². The van der Waals surface area contributed by atoms with Gasteiger partial charge in [-0.05, 0) is 84.1 Å². The first-order valence-electron chi connectivity index (χ1n) is 13.0. The van der Waals surface area contributed by atoms with Crippen LogP contribution in [0, 0.1) is 0 Å². The summed E-state index contributed by atoms with van der Waals surface area (Å²) in [6, 6.07) is 24.5. The number of halogens is 1. The number of carbonyl (C=O) groups is 1. The second-order valence-corrected chi connectivity index (χ2v) is 11.4. The lowest BCUT2D eigenvalue weighted by Crippen LogP contribution is -2.40. The third-order valence-corrected chi connectivity index (χ3v) is 8.37. The predicted molar refractivity (Wildman–Crippen MR) is 157 cm³/mol. The SMILES string of the molecule is CCc1ccccc1N=C1S/C(=C/c2ccc(OCc3ccc(Br)cc3)cc2)C(=O)N1C1CCCCC1. The second-order valence-electron chi connectivity index (χ2n) is 9.44. The van der Waals surface area contributed by atoms with Crippen LogP contribution in [0.4, 0.5) is 5.69 Å². The Balaban J connectivity index is 1.36. The van der Waals surface area contributed by atoms with Gasteiger partial charge in [-0.25, -0.2) is 4.99 Å². The number of carbonyl (C=O) groups excluding carboxylic acids is 1. The molecule has 0 spiro atoms. The molecule has 0 radical (unpaired) electrons. The minimum absolute atomic E-state index is 0.0696. The Morgan fingerprint density at radius 2 is 1.73 bits per heavy atom. The highest BCUT2D eigenvalue weighted by molar-refractivity contribution is 9.10. The van der Waals surface area contributed by atoms with Crippen molar-refractivity contribution in [1.82, 2.24) is 4.90 Å². The Kier molecular flexibility index (Phi) is 8.47. The predicted octanol–water partition coefficient (Wildman–Crippen LogP) is 8.53. The van der Waals surface area contributed by atoms with Crippen molar-refractivity contribution < 1.29 is 9.53 Å². The number of thioether (sulfide) groups is 1. The fourth-order valence-electron chi connectivity index (χ4n) is 4.81. The van der Waals surface area contributed by atoms with E-state index in [-0.39, 0.29) is 11.9 Å². The molecule has 4 nitrogen and oxygen atoms in total. The van der Waals surface area contributed by atoms with Crippen molar-refractivity contribution in [2.45, 2.75) is 58.1 Å². The van der Waals surface area contributed by atoms with E-state index in [2.05, 4.69) is 28.9 Å². The van der Waals surface area contributed by atoms with Gasteiger partial charge in [-0.2, -0.15) is 0 Å². The van der Waals surface area contributed by atoms with Gasteiger partial charge in [0.1, 0.15) is 12.4 Å². The van der Waals surface area contributed by atoms with Crippen LogP contribution < -0.4 is 4.74 Å². The van der Waals surface area contributed by atoms with Crippen molar-refractivity contribution in [2.75, 3.05) is 0 Å². The van der Waals surface area contributed by atoms with Gasteiger partial charge in [-0.15, -0.1) is 0 Å². The van der Waals surface area contributed by atoms with Crippen LogP contribution in [0.2, 0.25) is 0 Å². The summed E-state index contributed by atoms with van der Waals surface area (Å²) in [6.07, 6.45) is 8.55. The largest absolute Gasteiger partial charge is 0.489 e. The fourth-order valence-corrected chi connectivity index (χ4v) is 6.12. The first-order valence-corrected chi connectivity index (χ1v) is 14.6. The normalized spacial score (nSPS) is 18.6. The highest BCUT2D eigenvalue weighted by atomic mass is 79.9. The Hall–Kier alpha value is -2.83. The van der Waals surface area contributed by atoms with Crippen LogP contribution in [0.1, 0.15) is 55.7 Å². The lowest BCUT2D eigenvalue weighted by molar-refractivity contribution is -0.124. The van der Waals surface area contributed by atoms with E-state index in [0.29, 0.717) is 6.61 Å². The van der Waals surface area contributed by atoms with E-state index in [1.54, 1.807) is 0 Å². The van der Waals surface area contributed by atoms with Crippen molar-refractivity contribution in [3.05, 3.63) is 98.9 Å². The Labute approximate surface area is 232 Å². The maximum absolute atomic E-state index is 13.6. The molecule has 1 heterocycles. The summed E-state index contributed by atoms with van der Waals surface area (Å²) in [5, 5.41) is 0.804. The van der Waals surface area contributed by atoms with Crippen molar-refractivity contribution in [3.8, 4) is 5.75 Å². The lowest BCUT2D eigenvalue weighted by Gasteiger charge is -2.30. The number of aliphatic imine (C=N–C) groups is 1. The zero-order chi connectivity index (χ0) is 25.6. The van der Waals surface area contributed by atoms with E-state index < -0.39 is 0 Å². The summed E-state index contributed by atoms with van der Waals surface area (Å²) >= 11 is 4.95. The molecule has 1 saturated heterocycles. The summed E-state index contributed by atoms with van der Waals surface area (Å²) in [6.45, 7) is 2.65. The first-order chi connectivity index (χ1) is 18.1. The Bertz CT molecular complexity index is 1300. The number of hydrogen-bond acceptors (Lipinski definition) is 4. The smallest absolute Gasteiger partial charge is 0.267 e. The summed E-state index contributed by atoms with van der Waals surface area (Å²) in [7, 11) is 0. The van der Waals surface area contributed by atoms with Crippen LogP contribution in [-0.4, -0.2) is 22.0 Å². The van der Waals surface area contributed by atoms with E-state index in [1.807, 2.05) is 77.7 Å². The number of aryl methyl sites for hydroxylation is 1. The number of hydrogen-bond donors (Lipinski definition) is 0. The van der Waals surface area contributed by atoms with Crippen LogP contribution in [0.3, 0.4) is 0 Å². The molecule has 1 aliphatic heterocycles. The van der Waals surface area contributed by atoms with Crippen molar-refractivity contribution in [2.24, 2.45) is 4.99 Å². The molecule has 1 amide bonds. The topological polar surface area (TPSA) is 41.9 Å². The minimum Gasteiger partial charge on any atom is -0.489 e. The van der Waals surface area contributed by atoms with E-state index in [0.717, 1.165) is 56.4 Å². The molecule has 1 saturated carbocycles. The highest BCUT2D eigenvalue weighted by Gasteiger charge is 2.38. The molecule has 3 aromatic carbocycles. The van der Waals surface area contributed by atoms with Crippen LogP contribution in [0.5, 0.6) is 5.75 Å². The van der Waals surface area contributed by atoms with Gasteiger partial charge < -0.3 is 4.74 Å². The molecule has 2 fully saturated rings. The molecule has 0 N–H and O–H groups in total. The van der Waals surface area contributed by atoms with E-state index in [4.69, 9.17) is 9.73 Å². The zero-order valence-corrected chi connectivity index (χ0v) is 23.4. The Morgan fingerprint density at radius 1 is 1.00 bits per heavy atom. The third-order valence-electron chi connectivity index (χ3n) is 6.86. The Morgan fingerprint density at radius 3 is 2.46 bits per heavy atom. The van der Waals surface area contributed by atoms with Gasteiger partial charge in [0.15, 0.2) is 5.17 Å². The maximum atomic E-state index is 13.6. The molecule has 5 rings (SSSR count). The number of amidine groups is 1. The molecule has 0 bridgehead atoms. The molecule has 0 aromatic heterocycles. The van der Waals surface area contributed by atoms with Gasteiger partial charge in [0, 0.05) is 10.5 Å². The molecule has 37 heavy (non-hydrogen) atoms. The molecule has 2 aliphatic rings. The summed E-state index contributed by atoms with van der Waals surface area (Å²) < 4.78 is 7.00. The summed E-state index contributed by atoms with van der Waals surface area (Å²) in [5.74, 6) is 0.873. The quantitative estimate of drug-likeness (QED) is 0.265. The van der Waals surface area contributed by atoms with Gasteiger partial charge in [-0.3, -0.25) is 9.69 Å². The van der Waals surface area contributed by atoms with Gasteiger partial charge >= 0.3 is 0 Å². The number of nitrogens with zero attached hydrogens (tertiary/aromatic N) is 2. The van der Waals surface area contributed by atoms with Crippen LogP contribution in [0.15, 0.2) is 87.2 Å². The fraction of sp³-hybridized carbons (Fsp3) is 0.290. The van der Waals surface area contributed by atoms with Crippen molar-refractivity contribution in [3.63, 3.8) is 0 Å². The van der Waals surface area contributed by atoms with E-state index >= 15 is 0 Å². The van der Waals surface area contributed by atoms with Gasteiger partial charge in [-0.1, -0.05) is 84.6 Å². The number of benzene rings is 3. The average molecular weight is 576 g/mol. The maximum Gasteiger partial charge on any atom is 0.267 e. The molecular formula is C31H31BrN2O2S. The molecule has 190 valence electrons. The molecule has 0 unspecified atom stereocenters. The number of amides is 1. The monoisotopic (exact) mass is 574 g/mol. The number of ether oxygens (including phenoxy) is 1. The number of rotatable bonds is 7. The molecule has 0 atom stereocenters. The molecule has 6 heteroatoms. The van der Waals surface area contributed by atoms with Crippen molar-refractivity contribution >= 4 is 50.5 Å². The van der Waals surface area contributed by atoms with Crippen LogP contribution in [0.25, 0.3) is 6.08 Å². The molecular weight excluding hydrogens is 544 g/mol.